The highest BCUT2D eigenvalue weighted by Gasteiger charge is 2.04. The molecule has 0 aliphatic heterocycles. The van der Waals surface area contributed by atoms with E-state index in [9.17, 15) is 0 Å². The minimum absolute atomic E-state index is 0.469. The van der Waals surface area contributed by atoms with E-state index in [0.29, 0.717) is 23.6 Å². The lowest BCUT2D eigenvalue weighted by molar-refractivity contribution is 1.03. The molecule has 19 heavy (non-hydrogen) atoms. The predicted octanol–water partition coefficient (Wildman–Crippen LogP) is 2.71. The van der Waals surface area contributed by atoms with Crippen molar-refractivity contribution in [3.63, 3.8) is 0 Å². The minimum atomic E-state index is 0.469. The standard InChI is InChI=1S/C15H16N4/c1-2-12-5-3-4-6-13(12)10-19-15-14(17)7-11(8-16)9-18-15/h3-7,9H,2,10,17H2,1H3,(H,18,19). The number of nitriles is 1. The van der Waals surface area contributed by atoms with Crippen LogP contribution >= 0.6 is 0 Å². The SMILES string of the molecule is CCc1ccccc1CNc1ncc(C#N)cc1N. The molecule has 4 nitrogen and oxygen atoms in total. The fraction of sp³-hybridized carbons (Fsp3) is 0.200. The van der Waals surface area contributed by atoms with Gasteiger partial charge < -0.3 is 11.1 Å². The predicted molar refractivity (Wildman–Crippen MR) is 76.5 cm³/mol. The van der Waals surface area contributed by atoms with Gasteiger partial charge in [0.1, 0.15) is 11.9 Å². The summed E-state index contributed by atoms with van der Waals surface area (Å²) < 4.78 is 0. The van der Waals surface area contributed by atoms with Gasteiger partial charge in [-0.25, -0.2) is 4.98 Å². The quantitative estimate of drug-likeness (QED) is 0.877. The van der Waals surface area contributed by atoms with Gasteiger partial charge in [-0.2, -0.15) is 5.26 Å². The van der Waals surface area contributed by atoms with Crippen molar-refractivity contribution in [1.29, 1.82) is 5.26 Å². The number of nitrogens with one attached hydrogen (secondary N) is 1. The van der Waals surface area contributed by atoms with Crippen LogP contribution in [0.15, 0.2) is 36.5 Å². The second-order valence-corrected chi connectivity index (χ2v) is 4.25. The molecule has 0 fully saturated rings. The third-order valence-electron chi connectivity index (χ3n) is 2.99. The third-order valence-corrected chi connectivity index (χ3v) is 2.99. The Bertz CT molecular complexity index is 614. The Morgan fingerprint density at radius 3 is 2.68 bits per heavy atom. The third kappa shape index (κ3) is 3.02. The summed E-state index contributed by atoms with van der Waals surface area (Å²) in [6, 6.07) is 11.9. The van der Waals surface area contributed by atoms with Crippen LogP contribution in [0.3, 0.4) is 0 Å². The summed E-state index contributed by atoms with van der Waals surface area (Å²) in [6.07, 6.45) is 2.51. The zero-order valence-corrected chi connectivity index (χ0v) is 10.9. The summed E-state index contributed by atoms with van der Waals surface area (Å²) in [5.41, 5.74) is 9.36. The van der Waals surface area contributed by atoms with Gasteiger partial charge in [0.05, 0.1) is 11.3 Å². The number of hydrogen-bond acceptors (Lipinski definition) is 4. The van der Waals surface area contributed by atoms with E-state index in [4.69, 9.17) is 11.0 Å². The molecule has 0 bridgehead atoms. The number of nitrogens with zero attached hydrogens (tertiary/aromatic N) is 2. The van der Waals surface area contributed by atoms with Crippen LogP contribution in [-0.2, 0) is 13.0 Å². The lowest BCUT2D eigenvalue weighted by Gasteiger charge is -2.11. The van der Waals surface area contributed by atoms with Crippen molar-refractivity contribution in [3.05, 3.63) is 53.2 Å². The fourth-order valence-corrected chi connectivity index (χ4v) is 1.94. The van der Waals surface area contributed by atoms with Crippen LogP contribution < -0.4 is 11.1 Å². The normalized spacial score (nSPS) is 9.89. The Morgan fingerprint density at radius 1 is 1.32 bits per heavy atom. The van der Waals surface area contributed by atoms with Crippen LogP contribution in [0.25, 0.3) is 0 Å². The van der Waals surface area contributed by atoms with Gasteiger partial charge in [-0.15, -0.1) is 0 Å². The molecule has 0 spiro atoms. The van der Waals surface area contributed by atoms with E-state index < -0.39 is 0 Å². The summed E-state index contributed by atoms with van der Waals surface area (Å²) in [4.78, 5) is 4.16. The molecule has 96 valence electrons. The molecule has 1 aromatic heterocycles. The van der Waals surface area contributed by atoms with E-state index >= 15 is 0 Å². The Balaban J connectivity index is 2.13. The van der Waals surface area contributed by atoms with Crippen molar-refractivity contribution < 1.29 is 0 Å². The fourth-order valence-electron chi connectivity index (χ4n) is 1.94. The van der Waals surface area contributed by atoms with Crippen molar-refractivity contribution in [1.82, 2.24) is 4.98 Å². The van der Waals surface area contributed by atoms with Crippen molar-refractivity contribution in [2.45, 2.75) is 19.9 Å². The van der Waals surface area contributed by atoms with E-state index in [2.05, 4.69) is 29.4 Å². The smallest absolute Gasteiger partial charge is 0.149 e. The molecule has 2 rings (SSSR count). The van der Waals surface area contributed by atoms with Gasteiger partial charge >= 0.3 is 0 Å². The Morgan fingerprint density at radius 2 is 2.05 bits per heavy atom. The van der Waals surface area contributed by atoms with Gasteiger partial charge in [-0.3, -0.25) is 0 Å². The molecule has 0 saturated carbocycles. The lowest BCUT2D eigenvalue weighted by atomic mass is 10.1. The average molecular weight is 252 g/mol. The molecular weight excluding hydrogens is 236 g/mol. The molecule has 0 aliphatic rings. The van der Waals surface area contributed by atoms with Crippen molar-refractivity contribution in [2.24, 2.45) is 0 Å². The van der Waals surface area contributed by atoms with Crippen molar-refractivity contribution in [3.8, 4) is 6.07 Å². The average Bonchev–Trinajstić information content (AvgIpc) is 2.46. The zero-order chi connectivity index (χ0) is 13.7. The molecule has 0 amide bonds. The molecule has 2 aromatic rings. The number of pyridine rings is 1. The van der Waals surface area contributed by atoms with Gasteiger partial charge in [0, 0.05) is 12.7 Å². The van der Waals surface area contributed by atoms with Crippen LogP contribution in [0, 0.1) is 11.3 Å². The van der Waals surface area contributed by atoms with Gasteiger partial charge in [0.25, 0.3) is 0 Å². The van der Waals surface area contributed by atoms with E-state index in [1.165, 1.54) is 17.3 Å². The van der Waals surface area contributed by atoms with Gasteiger partial charge in [0.2, 0.25) is 0 Å². The maximum atomic E-state index is 8.76. The van der Waals surface area contributed by atoms with E-state index in [-0.39, 0.29) is 0 Å². The largest absolute Gasteiger partial charge is 0.396 e. The van der Waals surface area contributed by atoms with Crippen LogP contribution in [0.4, 0.5) is 11.5 Å². The van der Waals surface area contributed by atoms with E-state index in [1.807, 2.05) is 18.2 Å². The highest BCUT2D eigenvalue weighted by Crippen LogP contribution is 2.18. The maximum Gasteiger partial charge on any atom is 0.149 e. The number of nitrogen functional groups attached to an aromatic ring is 1. The highest BCUT2D eigenvalue weighted by molar-refractivity contribution is 5.63. The Hall–Kier alpha value is -2.54. The molecule has 0 saturated heterocycles. The zero-order valence-electron chi connectivity index (χ0n) is 10.9. The highest BCUT2D eigenvalue weighted by atomic mass is 15.0. The second kappa shape index (κ2) is 5.87. The molecule has 1 aromatic carbocycles. The summed E-state index contributed by atoms with van der Waals surface area (Å²) in [6.45, 7) is 2.81. The summed E-state index contributed by atoms with van der Waals surface area (Å²) in [5, 5.41) is 12.0. The van der Waals surface area contributed by atoms with Gasteiger partial charge in [0.15, 0.2) is 0 Å². The number of benzene rings is 1. The Labute approximate surface area is 112 Å². The number of hydrogen-bond donors (Lipinski definition) is 2. The monoisotopic (exact) mass is 252 g/mol. The first-order valence-corrected chi connectivity index (χ1v) is 6.21. The number of nitrogens with two attached hydrogens (primary N) is 1. The molecule has 0 unspecified atom stereocenters. The van der Waals surface area contributed by atoms with E-state index in [0.717, 1.165) is 6.42 Å². The second-order valence-electron chi connectivity index (χ2n) is 4.25. The molecule has 0 aliphatic carbocycles. The lowest BCUT2D eigenvalue weighted by Crippen LogP contribution is -2.06. The molecular formula is C15H16N4. The van der Waals surface area contributed by atoms with Crippen molar-refractivity contribution in [2.75, 3.05) is 11.1 Å². The van der Waals surface area contributed by atoms with Crippen molar-refractivity contribution >= 4 is 11.5 Å². The number of aryl methyl sites for hydroxylation is 1. The maximum absolute atomic E-state index is 8.76. The molecule has 1 heterocycles. The Kier molecular flexibility index (Phi) is 3.99. The molecule has 4 heteroatoms. The number of anilines is 2. The summed E-state index contributed by atoms with van der Waals surface area (Å²) in [5.74, 6) is 0.616. The summed E-state index contributed by atoms with van der Waals surface area (Å²) in [7, 11) is 0. The van der Waals surface area contributed by atoms with Crippen LogP contribution in [-0.4, -0.2) is 4.98 Å². The first kappa shape index (κ1) is 12.9. The first-order valence-electron chi connectivity index (χ1n) is 6.21. The topological polar surface area (TPSA) is 74.7 Å². The first-order chi connectivity index (χ1) is 9.24. The molecule has 3 N–H and O–H groups in total. The van der Waals surface area contributed by atoms with Crippen LogP contribution in [0.2, 0.25) is 0 Å². The van der Waals surface area contributed by atoms with Gasteiger partial charge in [-0.1, -0.05) is 31.2 Å². The minimum Gasteiger partial charge on any atom is -0.396 e. The number of aromatic nitrogens is 1. The molecule has 0 radical (unpaired) electrons. The van der Waals surface area contributed by atoms with Crippen LogP contribution in [0.5, 0.6) is 0 Å². The summed E-state index contributed by atoms with van der Waals surface area (Å²) >= 11 is 0. The van der Waals surface area contributed by atoms with Gasteiger partial charge in [-0.05, 0) is 23.6 Å². The van der Waals surface area contributed by atoms with E-state index in [1.54, 1.807) is 6.07 Å². The number of rotatable bonds is 4. The van der Waals surface area contributed by atoms with Crippen LogP contribution in [0.1, 0.15) is 23.6 Å². The molecule has 0 atom stereocenters.